The van der Waals surface area contributed by atoms with Crippen molar-refractivity contribution in [3.63, 3.8) is 0 Å². The van der Waals surface area contributed by atoms with Crippen molar-refractivity contribution in [3.8, 4) is 11.6 Å². The molecule has 0 atom stereocenters. The fourth-order valence-corrected chi connectivity index (χ4v) is 2.92. The average Bonchev–Trinajstić information content (AvgIpc) is 3.20. The van der Waals surface area contributed by atoms with Gasteiger partial charge in [-0.25, -0.2) is 9.25 Å². The predicted molar refractivity (Wildman–Crippen MR) is 93.5 cm³/mol. The van der Waals surface area contributed by atoms with E-state index < -0.39 is 0 Å². The van der Waals surface area contributed by atoms with E-state index in [0.717, 1.165) is 0 Å². The van der Waals surface area contributed by atoms with Gasteiger partial charge in [0.1, 0.15) is 5.82 Å². The fourth-order valence-electron chi connectivity index (χ4n) is 2.92. The second-order valence-electron chi connectivity index (χ2n) is 5.72. The Hall–Kier alpha value is -3.42. The molecule has 0 spiro atoms. The highest BCUT2D eigenvalue weighted by molar-refractivity contribution is 5.81. The van der Waals surface area contributed by atoms with E-state index in [1.165, 1.54) is 15.3 Å². The van der Waals surface area contributed by atoms with Gasteiger partial charge in [0.2, 0.25) is 0 Å². The van der Waals surface area contributed by atoms with E-state index >= 15 is 0 Å². The zero-order valence-electron chi connectivity index (χ0n) is 13.8. The number of aryl methyl sites for hydroxylation is 2. The van der Waals surface area contributed by atoms with Crippen LogP contribution in [-0.4, -0.2) is 29.5 Å². The molecule has 0 unspecified atom stereocenters. The molecular formula is C17H16N6O2. The number of hydrogen-bond donors (Lipinski definition) is 2. The van der Waals surface area contributed by atoms with Crippen molar-refractivity contribution < 1.29 is 0 Å². The van der Waals surface area contributed by atoms with Crippen LogP contribution in [0.5, 0.6) is 0 Å². The molecule has 0 saturated carbocycles. The zero-order chi connectivity index (χ0) is 17.6. The molecule has 0 bridgehead atoms. The van der Waals surface area contributed by atoms with E-state index in [1.54, 1.807) is 6.92 Å². The van der Waals surface area contributed by atoms with Crippen LogP contribution >= 0.6 is 0 Å². The van der Waals surface area contributed by atoms with E-state index in [0.29, 0.717) is 34.5 Å². The van der Waals surface area contributed by atoms with Gasteiger partial charge < -0.3 is 0 Å². The zero-order valence-corrected chi connectivity index (χ0v) is 13.8. The lowest BCUT2D eigenvalue weighted by Crippen LogP contribution is -2.22. The summed E-state index contributed by atoms with van der Waals surface area (Å²) >= 11 is 0. The SMILES string of the molecule is CCc1nc(-n2c(C)c3c(=O)n(-c4ccccc4)[nH]c3cc2=O)n[nH]1. The first-order valence-electron chi connectivity index (χ1n) is 7.94. The second kappa shape index (κ2) is 5.59. The van der Waals surface area contributed by atoms with Gasteiger partial charge in [-0.1, -0.05) is 25.1 Å². The lowest BCUT2D eigenvalue weighted by atomic mass is 10.2. The summed E-state index contributed by atoms with van der Waals surface area (Å²) in [7, 11) is 0. The van der Waals surface area contributed by atoms with E-state index in [1.807, 2.05) is 37.3 Å². The number of nitrogens with one attached hydrogen (secondary N) is 2. The maximum absolute atomic E-state index is 12.9. The van der Waals surface area contributed by atoms with Gasteiger partial charge in [-0.05, 0) is 19.1 Å². The quantitative estimate of drug-likeness (QED) is 0.591. The van der Waals surface area contributed by atoms with E-state index in [-0.39, 0.29) is 17.1 Å². The Kier molecular flexibility index (Phi) is 3.38. The minimum absolute atomic E-state index is 0.223. The average molecular weight is 336 g/mol. The number of nitrogens with zero attached hydrogens (tertiary/aromatic N) is 4. The largest absolute Gasteiger partial charge is 0.290 e. The summed E-state index contributed by atoms with van der Waals surface area (Å²) in [5.41, 5.74) is 1.17. The topological polar surface area (TPSA) is 101 Å². The number of aromatic nitrogens is 6. The highest BCUT2D eigenvalue weighted by Crippen LogP contribution is 2.15. The van der Waals surface area contributed by atoms with Crippen molar-refractivity contribution in [1.82, 2.24) is 29.5 Å². The van der Waals surface area contributed by atoms with Gasteiger partial charge in [-0.3, -0.25) is 19.8 Å². The van der Waals surface area contributed by atoms with Crippen LogP contribution in [0.15, 0.2) is 46.0 Å². The van der Waals surface area contributed by atoms with Gasteiger partial charge in [0.05, 0.1) is 16.6 Å². The van der Waals surface area contributed by atoms with Crippen molar-refractivity contribution in [1.29, 1.82) is 0 Å². The summed E-state index contributed by atoms with van der Waals surface area (Å²) in [6.45, 7) is 3.66. The predicted octanol–water partition coefficient (Wildman–Crippen LogP) is 1.46. The summed E-state index contributed by atoms with van der Waals surface area (Å²) in [5.74, 6) is 0.922. The van der Waals surface area contributed by atoms with Gasteiger partial charge >= 0.3 is 0 Å². The van der Waals surface area contributed by atoms with Crippen molar-refractivity contribution in [3.05, 3.63) is 68.6 Å². The maximum atomic E-state index is 12.9. The van der Waals surface area contributed by atoms with Gasteiger partial charge in [-0.2, -0.15) is 4.98 Å². The molecule has 0 fully saturated rings. The number of H-pyrrole nitrogens is 2. The Balaban J connectivity index is 2.01. The summed E-state index contributed by atoms with van der Waals surface area (Å²) in [6, 6.07) is 10.6. The van der Waals surface area contributed by atoms with Crippen LogP contribution in [0.4, 0.5) is 0 Å². The molecule has 3 heterocycles. The molecule has 0 aliphatic rings. The second-order valence-corrected chi connectivity index (χ2v) is 5.72. The first kappa shape index (κ1) is 15.1. The standard InChI is InChI=1S/C17H16N6O2/c1-3-13-18-17(20-19-13)22-10(2)15-12(9-14(22)24)21-23(16(15)25)11-7-5-4-6-8-11/h4-9,21H,3H2,1-2H3,(H,18,19,20). The van der Waals surface area contributed by atoms with E-state index in [2.05, 4.69) is 20.3 Å². The van der Waals surface area contributed by atoms with Crippen LogP contribution in [0.3, 0.4) is 0 Å². The minimum atomic E-state index is -0.298. The fraction of sp³-hybridized carbons (Fsp3) is 0.176. The Labute approximate surface area is 141 Å². The number of fused-ring (bicyclic) bond motifs is 1. The molecular weight excluding hydrogens is 320 g/mol. The molecule has 25 heavy (non-hydrogen) atoms. The maximum Gasteiger partial charge on any atom is 0.280 e. The Morgan fingerprint density at radius 2 is 1.92 bits per heavy atom. The molecule has 2 N–H and O–H groups in total. The number of benzene rings is 1. The summed E-state index contributed by atoms with van der Waals surface area (Å²) in [5, 5.41) is 10.3. The van der Waals surface area contributed by atoms with Crippen LogP contribution in [0.2, 0.25) is 0 Å². The molecule has 126 valence electrons. The molecule has 8 nitrogen and oxygen atoms in total. The molecule has 0 amide bonds. The lowest BCUT2D eigenvalue weighted by molar-refractivity contribution is 0.863. The highest BCUT2D eigenvalue weighted by Gasteiger charge is 2.17. The number of pyridine rings is 1. The Morgan fingerprint density at radius 3 is 2.60 bits per heavy atom. The van der Waals surface area contributed by atoms with Crippen molar-refractivity contribution >= 4 is 10.9 Å². The smallest absolute Gasteiger partial charge is 0.280 e. The van der Waals surface area contributed by atoms with E-state index in [9.17, 15) is 9.59 Å². The normalized spacial score (nSPS) is 11.3. The Bertz CT molecular complexity index is 1180. The number of para-hydroxylation sites is 1. The highest BCUT2D eigenvalue weighted by atomic mass is 16.1. The van der Waals surface area contributed by atoms with Crippen LogP contribution < -0.4 is 11.1 Å². The molecule has 1 aromatic carbocycles. The summed E-state index contributed by atoms with van der Waals surface area (Å²) in [6.07, 6.45) is 0.675. The Morgan fingerprint density at radius 1 is 1.16 bits per heavy atom. The molecule has 8 heteroatoms. The van der Waals surface area contributed by atoms with Crippen LogP contribution in [-0.2, 0) is 6.42 Å². The van der Waals surface area contributed by atoms with Crippen LogP contribution in [0, 0.1) is 6.92 Å². The van der Waals surface area contributed by atoms with Crippen LogP contribution in [0.1, 0.15) is 18.4 Å². The first-order chi connectivity index (χ1) is 12.1. The monoisotopic (exact) mass is 336 g/mol. The number of aromatic amines is 2. The molecule has 0 aliphatic carbocycles. The summed E-state index contributed by atoms with van der Waals surface area (Å²) in [4.78, 5) is 29.7. The van der Waals surface area contributed by atoms with Gasteiger partial charge in [0, 0.05) is 18.2 Å². The molecule has 0 aliphatic heterocycles. The summed E-state index contributed by atoms with van der Waals surface area (Å²) < 4.78 is 2.78. The number of hydrogen-bond acceptors (Lipinski definition) is 4. The van der Waals surface area contributed by atoms with Gasteiger partial charge in [0.25, 0.3) is 17.1 Å². The molecule has 0 radical (unpaired) electrons. The molecule has 0 saturated heterocycles. The molecule has 4 aromatic rings. The molecule has 4 rings (SSSR count). The third-order valence-corrected chi connectivity index (χ3v) is 4.17. The van der Waals surface area contributed by atoms with Crippen molar-refractivity contribution in [2.24, 2.45) is 0 Å². The number of rotatable bonds is 3. The third kappa shape index (κ3) is 2.30. The third-order valence-electron chi connectivity index (χ3n) is 4.17. The van der Waals surface area contributed by atoms with Gasteiger partial charge in [0.15, 0.2) is 0 Å². The first-order valence-corrected chi connectivity index (χ1v) is 7.94. The van der Waals surface area contributed by atoms with Crippen molar-refractivity contribution in [2.45, 2.75) is 20.3 Å². The van der Waals surface area contributed by atoms with Gasteiger partial charge in [-0.15, -0.1) is 5.10 Å². The lowest BCUT2D eigenvalue weighted by Gasteiger charge is -2.04. The van der Waals surface area contributed by atoms with Crippen LogP contribution in [0.25, 0.3) is 22.5 Å². The molecule has 3 aromatic heterocycles. The van der Waals surface area contributed by atoms with Crippen molar-refractivity contribution in [2.75, 3.05) is 0 Å². The minimum Gasteiger partial charge on any atom is -0.290 e. The van der Waals surface area contributed by atoms with E-state index in [4.69, 9.17) is 0 Å².